The molecule has 0 spiro atoms. The molecule has 192 valence electrons. The molecule has 1 aliphatic heterocycles. The van der Waals surface area contributed by atoms with E-state index in [9.17, 15) is 9.59 Å². The fourth-order valence-corrected chi connectivity index (χ4v) is 5.70. The van der Waals surface area contributed by atoms with Crippen molar-refractivity contribution in [3.8, 4) is 11.5 Å². The molecule has 36 heavy (non-hydrogen) atoms. The maximum Gasteiger partial charge on any atom is 0.271 e. The van der Waals surface area contributed by atoms with Crippen molar-refractivity contribution in [2.45, 2.75) is 70.0 Å². The molecule has 1 saturated carbocycles. The smallest absolute Gasteiger partial charge is 0.271 e. The number of amides is 2. The molecule has 5 rings (SSSR count). The predicted octanol–water partition coefficient (Wildman–Crippen LogP) is 4.55. The van der Waals surface area contributed by atoms with Crippen LogP contribution in [0.4, 0.5) is 0 Å². The highest BCUT2D eigenvalue weighted by molar-refractivity contribution is 6.03. The average molecular weight is 494 g/mol. The van der Waals surface area contributed by atoms with Crippen LogP contribution in [-0.2, 0) is 17.8 Å². The Balaban J connectivity index is 1.47. The van der Waals surface area contributed by atoms with Gasteiger partial charge in [0.1, 0.15) is 22.7 Å². The van der Waals surface area contributed by atoms with E-state index in [1.807, 2.05) is 35.8 Å². The summed E-state index contributed by atoms with van der Waals surface area (Å²) in [5, 5.41) is 3.31. The van der Waals surface area contributed by atoms with Crippen LogP contribution in [0.15, 0.2) is 41.0 Å². The highest BCUT2D eigenvalue weighted by Crippen LogP contribution is 2.34. The fourth-order valence-electron chi connectivity index (χ4n) is 5.70. The van der Waals surface area contributed by atoms with Crippen molar-refractivity contribution in [3.05, 3.63) is 47.9 Å². The van der Waals surface area contributed by atoms with E-state index in [0.717, 1.165) is 48.3 Å². The Morgan fingerprint density at radius 1 is 1.11 bits per heavy atom. The number of methoxy groups -OCH3 is 2. The lowest BCUT2D eigenvalue weighted by atomic mass is 9.93. The first-order chi connectivity index (χ1) is 17.4. The number of benzene rings is 1. The lowest BCUT2D eigenvalue weighted by molar-refractivity contribution is -0.133. The third-order valence-electron chi connectivity index (χ3n) is 7.82. The summed E-state index contributed by atoms with van der Waals surface area (Å²) in [7, 11) is 3.25. The highest BCUT2D eigenvalue weighted by Gasteiger charge is 2.48. The molecule has 0 unspecified atom stereocenters. The maximum absolute atomic E-state index is 13.9. The van der Waals surface area contributed by atoms with E-state index in [0.29, 0.717) is 30.8 Å². The monoisotopic (exact) mass is 493 g/mol. The summed E-state index contributed by atoms with van der Waals surface area (Å²) in [6, 6.07) is 9.41. The lowest BCUT2D eigenvalue weighted by Crippen LogP contribution is -2.65. The van der Waals surface area contributed by atoms with E-state index in [-0.39, 0.29) is 17.9 Å². The van der Waals surface area contributed by atoms with Gasteiger partial charge in [-0.3, -0.25) is 9.59 Å². The zero-order valence-electron chi connectivity index (χ0n) is 21.3. The van der Waals surface area contributed by atoms with Crippen molar-refractivity contribution in [1.29, 1.82) is 0 Å². The van der Waals surface area contributed by atoms with Crippen LogP contribution >= 0.6 is 0 Å². The number of rotatable bonds is 7. The minimum atomic E-state index is -1.05. The Labute approximate surface area is 211 Å². The number of hydrogen-bond donors (Lipinski definition) is 1. The predicted molar refractivity (Wildman–Crippen MR) is 137 cm³/mol. The first-order valence-electron chi connectivity index (χ1n) is 12.8. The molecule has 1 aromatic carbocycles. The van der Waals surface area contributed by atoms with Gasteiger partial charge < -0.3 is 28.7 Å². The molecule has 1 fully saturated rings. The van der Waals surface area contributed by atoms with Gasteiger partial charge in [0.15, 0.2) is 5.58 Å². The molecule has 1 N–H and O–H groups in total. The van der Waals surface area contributed by atoms with Gasteiger partial charge in [0.2, 0.25) is 5.91 Å². The number of furan rings is 1. The van der Waals surface area contributed by atoms with Gasteiger partial charge in [-0.05, 0) is 49.9 Å². The number of ether oxygens (including phenoxy) is 2. The van der Waals surface area contributed by atoms with E-state index < -0.39 is 5.54 Å². The standard InChI is InChI=1S/C28H35N3O5/c1-28(27(33)29-20-8-6-4-5-7-9-20)18-30-22-13-15-36-25(22)17-23(30)26(32)31(28)14-12-19-16-21(34-2)10-11-24(19)35-3/h10-11,13,15-17,20H,4-9,12,14,18H2,1-3H3,(H,29,33)/t28-/m1/s1. The van der Waals surface area contributed by atoms with Crippen LogP contribution in [0.25, 0.3) is 11.1 Å². The van der Waals surface area contributed by atoms with E-state index in [1.54, 1.807) is 31.4 Å². The normalized spacial score (nSPS) is 20.8. The second-order valence-corrected chi connectivity index (χ2v) is 10.1. The molecule has 8 heteroatoms. The molecule has 0 bridgehead atoms. The molecular weight excluding hydrogens is 458 g/mol. The summed E-state index contributed by atoms with van der Waals surface area (Å²) in [6.45, 7) is 2.61. The first kappa shape index (κ1) is 24.3. The Bertz CT molecular complexity index is 1250. The maximum atomic E-state index is 13.9. The SMILES string of the molecule is COc1ccc(OC)c(CCN2C(=O)c3cc4occc4n3C[C@]2(C)C(=O)NC2CCCCCC2)c1. The fraction of sp³-hybridized carbons (Fsp3) is 0.500. The molecule has 2 aromatic heterocycles. The molecule has 1 aliphatic carbocycles. The Kier molecular flexibility index (Phi) is 6.69. The minimum Gasteiger partial charge on any atom is -0.497 e. The van der Waals surface area contributed by atoms with Crippen LogP contribution in [-0.4, -0.2) is 53.6 Å². The van der Waals surface area contributed by atoms with Gasteiger partial charge >= 0.3 is 0 Å². The summed E-state index contributed by atoms with van der Waals surface area (Å²) in [4.78, 5) is 29.5. The van der Waals surface area contributed by atoms with Crippen LogP contribution in [0.3, 0.4) is 0 Å². The largest absolute Gasteiger partial charge is 0.497 e. The topological polar surface area (TPSA) is 85.9 Å². The highest BCUT2D eigenvalue weighted by atomic mass is 16.5. The van der Waals surface area contributed by atoms with Crippen molar-refractivity contribution in [3.63, 3.8) is 0 Å². The number of hydrogen-bond acceptors (Lipinski definition) is 5. The number of aromatic nitrogens is 1. The van der Waals surface area contributed by atoms with Crippen molar-refractivity contribution < 1.29 is 23.5 Å². The molecule has 2 amide bonds. The van der Waals surface area contributed by atoms with Crippen molar-refractivity contribution in [2.75, 3.05) is 20.8 Å². The van der Waals surface area contributed by atoms with E-state index >= 15 is 0 Å². The molecular formula is C28H35N3O5. The summed E-state index contributed by atoms with van der Waals surface area (Å²) >= 11 is 0. The van der Waals surface area contributed by atoms with E-state index in [1.165, 1.54) is 12.8 Å². The molecule has 3 heterocycles. The minimum absolute atomic E-state index is 0.101. The average Bonchev–Trinajstić information content (AvgIpc) is 3.38. The number of carbonyl (C=O) groups excluding carboxylic acids is 2. The summed E-state index contributed by atoms with van der Waals surface area (Å²) in [5.74, 6) is 1.18. The molecule has 1 atom stereocenters. The molecule has 0 radical (unpaired) electrons. The summed E-state index contributed by atoms with van der Waals surface area (Å²) in [5.41, 5.74) is 1.90. The second kappa shape index (κ2) is 9.91. The molecule has 2 aliphatic rings. The van der Waals surface area contributed by atoms with E-state index in [2.05, 4.69) is 5.32 Å². The van der Waals surface area contributed by atoms with Crippen LogP contribution in [0.2, 0.25) is 0 Å². The molecule has 8 nitrogen and oxygen atoms in total. The van der Waals surface area contributed by atoms with Gasteiger partial charge in [-0.2, -0.15) is 0 Å². The quantitative estimate of drug-likeness (QED) is 0.488. The zero-order valence-corrected chi connectivity index (χ0v) is 21.3. The Hall–Kier alpha value is -3.42. The van der Waals surface area contributed by atoms with Crippen molar-refractivity contribution in [2.24, 2.45) is 0 Å². The van der Waals surface area contributed by atoms with E-state index in [4.69, 9.17) is 13.9 Å². The number of nitrogens with zero attached hydrogens (tertiary/aromatic N) is 2. The zero-order chi connectivity index (χ0) is 25.3. The van der Waals surface area contributed by atoms with Gasteiger partial charge in [0.05, 0.1) is 32.5 Å². The molecule has 3 aromatic rings. The molecule has 0 saturated heterocycles. The second-order valence-electron chi connectivity index (χ2n) is 10.1. The number of nitrogens with one attached hydrogen (secondary N) is 1. The summed E-state index contributed by atoms with van der Waals surface area (Å²) in [6.07, 6.45) is 8.77. The third kappa shape index (κ3) is 4.33. The van der Waals surface area contributed by atoms with Gasteiger partial charge in [0.25, 0.3) is 5.91 Å². The van der Waals surface area contributed by atoms with Crippen molar-refractivity contribution in [1.82, 2.24) is 14.8 Å². The van der Waals surface area contributed by atoms with Crippen molar-refractivity contribution >= 4 is 22.9 Å². The van der Waals surface area contributed by atoms with Gasteiger partial charge in [-0.1, -0.05) is 25.7 Å². The van der Waals surface area contributed by atoms with Gasteiger partial charge in [-0.15, -0.1) is 0 Å². The van der Waals surface area contributed by atoms with Gasteiger partial charge in [0, 0.05) is 24.7 Å². The van der Waals surface area contributed by atoms with Crippen LogP contribution in [0.5, 0.6) is 11.5 Å². The third-order valence-corrected chi connectivity index (χ3v) is 7.82. The first-order valence-corrected chi connectivity index (χ1v) is 12.8. The Morgan fingerprint density at radius 2 is 1.89 bits per heavy atom. The summed E-state index contributed by atoms with van der Waals surface area (Å²) < 4.78 is 18.5. The Morgan fingerprint density at radius 3 is 2.61 bits per heavy atom. The number of fused-ring (bicyclic) bond motifs is 3. The van der Waals surface area contributed by atoms with Crippen LogP contribution in [0, 0.1) is 0 Å². The van der Waals surface area contributed by atoms with Gasteiger partial charge in [-0.25, -0.2) is 0 Å². The van der Waals surface area contributed by atoms with Crippen LogP contribution < -0.4 is 14.8 Å². The number of carbonyl (C=O) groups is 2. The lowest BCUT2D eigenvalue weighted by Gasteiger charge is -2.44. The van der Waals surface area contributed by atoms with Crippen LogP contribution in [0.1, 0.15) is 61.5 Å².